The molecule has 1 aliphatic heterocycles. The minimum absolute atomic E-state index is 0.521. The van der Waals surface area contributed by atoms with Crippen LogP contribution in [-0.4, -0.2) is 21.5 Å². The Balaban J connectivity index is 2.09. The van der Waals surface area contributed by atoms with E-state index >= 15 is 0 Å². The molecule has 98 valence electrons. The van der Waals surface area contributed by atoms with Crippen LogP contribution < -0.4 is 4.90 Å². The van der Waals surface area contributed by atoms with Crippen molar-refractivity contribution in [3.05, 3.63) is 17.3 Å². The molecule has 0 aliphatic carbocycles. The van der Waals surface area contributed by atoms with Crippen LogP contribution in [0.4, 0.5) is 5.82 Å². The highest BCUT2D eigenvalue weighted by atomic mass is 35.5. The molecule has 0 radical (unpaired) electrons. The maximum Gasteiger partial charge on any atom is 0.195 e. The van der Waals surface area contributed by atoms with Crippen LogP contribution in [0.1, 0.15) is 38.8 Å². The molecule has 0 spiro atoms. The maximum atomic E-state index is 6.14. The van der Waals surface area contributed by atoms with Gasteiger partial charge in [0.15, 0.2) is 10.8 Å². The molecule has 3 nitrogen and oxygen atoms in total. The fourth-order valence-electron chi connectivity index (χ4n) is 3.01. The summed E-state index contributed by atoms with van der Waals surface area (Å²) in [5.74, 6) is 1.63. The average Bonchev–Trinajstić information content (AvgIpc) is 3.01. The van der Waals surface area contributed by atoms with Gasteiger partial charge in [-0.25, -0.2) is 4.98 Å². The van der Waals surface area contributed by atoms with E-state index in [0.717, 1.165) is 16.5 Å². The van der Waals surface area contributed by atoms with Crippen molar-refractivity contribution in [2.75, 3.05) is 4.90 Å². The molecule has 5 heteroatoms. The molecule has 3 heterocycles. The van der Waals surface area contributed by atoms with Crippen molar-refractivity contribution in [1.82, 2.24) is 9.38 Å². The van der Waals surface area contributed by atoms with Gasteiger partial charge in [0.2, 0.25) is 0 Å². The number of thiazole rings is 1. The summed E-state index contributed by atoms with van der Waals surface area (Å²) in [5, 5.41) is 2.06. The molecule has 1 aliphatic rings. The lowest BCUT2D eigenvalue weighted by molar-refractivity contribution is 0.620. The summed E-state index contributed by atoms with van der Waals surface area (Å²) in [6, 6.07) is 1.19. The number of anilines is 1. The molecule has 0 N–H and O–H groups in total. The number of rotatable bonds is 3. The summed E-state index contributed by atoms with van der Waals surface area (Å²) in [7, 11) is 0. The molecule has 0 amide bonds. The third-order valence-electron chi connectivity index (χ3n) is 3.97. The van der Waals surface area contributed by atoms with Gasteiger partial charge in [0.05, 0.1) is 11.6 Å². The van der Waals surface area contributed by atoms with Gasteiger partial charge in [0.1, 0.15) is 0 Å². The molecular formula is C13H18ClN3S. The molecule has 0 saturated carbocycles. The Morgan fingerprint density at radius 3 is 3.06 bits per heavy atom. The summed E-state index contributed by atoms with van der Waals surface area (Å²) < 4.78 is 2.13. The van der Waals surface area contributed by atoms with Gasteiger partial charge in [-0.05, 0) is 26.2 Å². The molecule has 1 fully saturated rings. The first-order valence-electron chi connectivity index (χ1n) is 6.55. The number of nitrogens with zero attached hydrogens (tertiary/aromatic N) is 3. The smallest absolute Gasteiger partial charge is 0.195 e. The quantitative estimate of drug-likeness (QED) is 0.797. The van der Waals surface area contributed by atoms with E-state index in [-0.39, 0.29) is 0 Å². The normalized spacial score (nSPS) is 24.3. The average molecular weight is 284 g/mol. The lowest BCUT2D eigenvalue weighted by atomic mass is 10.1. The van der Waals surface area contributed by atoms with E-state index in [2.05, 4.69) is 34.7 Å². The van der Waals surface area contributed by atoms with Crippen LogP contribution >= 0.6 is 22.9 Å². The van der Waals surface area contributed by atoms with E-state index in [4.69, 9.17) is 16.6 Å². The Kier molecular flexibility index (Phi) is 3.24. The van der Waals surface area contributed by atoms with Gasteiger partial charge < -0.3 is 4.90 Å². The second-order valence-electron chi connectivity index (χ2n) is 4.97. The topological polar surface area (TPSA) is 20.5 Å². The van der Waals surface area contributed by atoms with Crippen molar-refractivity contribution in [3.63, 3.8) is 0 Å². The third-order valence-corrected chi connectivity index (χ3v) is 4.98. The van der Waals surface area contributed by atoms with Crippen molar-refractivity contribution in [3.8, 4) is 0 Å². The molecule has 2 aromatic rings. The highest BCUT2D eigenvalue weighted by Gasteiger charge is 2.33. The monoisotopic (exact) mass is 283 g/mol. The zero-order chi connectivity index (χ0) is 12.7. The third kappa shape index (κ3) is 1.74. The summed E-state index contributed by atoms with van der Waals surface area (Å²) in [6.45, 7) is 4.55. The Labute approximate surface area is 116 Å². The highest BCUT2D eigenvalue weighted by Crippen LogP contribution is 2.35. The number of aromatic nitrogens is 2. The predicted molar refractivity (Wildman–Crippen MR) is 77.9 cm³/mol. The van der Waals surface area contributed by atoms with Crippen LogP contribution in [0.3, 0.4) is 0 Å². The maximum absolute atomic E-state index is 6.14. The standard InChI is InChI=1S/C13H18ClN3S/c1-3-10-5-4-9(2)17(10)12-11(8-14)16-6-7-18-13(16)15-12/h6-7,9-10H,3-5,8H2,1-2H3. The van der Waals surface area contributed by atoms with Gasteiger partial charge in [-0.2, -0.15) is 0 Å². The highest BCUT2D eigenvalue weighted by molar-refractivity contribution is 7.15. The van der Waals surface area contributed by atoms with Crippen LogP contribution in [0, 0.1) is 0 Å². The second kappa shape index (κ2) is 4.74. The lowest BCUT2D eigenvalue weighted by Crippen LogP contribution is -2.35. The zero-order valence-electron chi connectivity index (χ0n) is 10.8. The fourth-order valence-corrected chi connectivity index (χ4v) is 3.98. The number of hydrogen-bond donors (Lipinski definition) is 0. The van der Waals surface area contributed by atoms with Gasteiger partial charge in [-0.3, -0.25) is 4.40 Å². The van der Waals surface area contributed by atoms with Gasteiger partial charge in [-0.1, -0.05) is 6.92 Å². The van der Waals surface area contributed by atoms with Crippen LogP contribution in [0.5, 0.6) is 0 Å². The van der Waals surface area contributed by atoms with Crippen molar-refractivity contribution >= 4 is 33.7 Å². The lowest BCUT2D eigenvalue weighted by Gasteiger charge is -2.28. The van der Waals surface area contributed by atoms with Crippen LogP contribution in [0.15, 0.2) is 11.6 Å². The van der Waals surface area contributed by atoms with Crippen molar-refractivity contribution in [2.24, 2.45) is 0 Å². The van der Waals surface area contributed by atoms with E-state index in [1.165, 1.54) is 19.3 Å². The second-order valence-corrected chi connectivity index (χ2v) is 6.11. The molecule has 2 aromatic heterocycles. The molecule has 2 atom stereocenters. The Morgan fingerprint density at radius 2 is 2.33 bits per heavy atom. The molecule has 3 rings (SSSR count). The Hall–Kier alpha value is -0.740. The SMILES string of the molecule is CCC1CCC(C)N1c1nc2sccn2c1CCl. The summed E-state index contributed by atoms with van der Waals surface area (Å²) in [5.41, 5.74) is 1.14. The van der Waals surface area contributed by atoms with Crippen LogP contribution in [0.2, 0.25) is 0 Å². The zero-order valence-corrected chi connectivity index (χ0v) is 12.3. The minimum Gasteiger partial charge on any atom is -0.349 e. The first kappa shape index (κ1) is 12.3. The fraction of sp³-hybridized carbons (Fsp3) is 0.615. The number of fused-ring (bicyclic) bond motifs is 1. The molecule has 0 bridgehead atoms. The van der Waals surface area contributed by atoms with E-state index < -0.39 is 0 Å². The van der Waals surface area contributed by atoms with Gasteiger partial charge in [0.25, 0.3) is 0 Å². The van der Waals surface area contributed by atoms with Crippen molar-refractivity contribution in [1.29, 1.82) is 0 Å². The van der Waals surface area contributed by atoms with Crippen molar-refractivity contribution in [2.45, 2.75) is 51.1 Å². The van der Waals surface area contributed by atoms with E-state index in [9.17, 15) is 0 Å². The first-order valence-corrected chi connectivity index (χ1v) is 7.96. The van der Waals surface area contributed by atoms with Gasteiger partial charge >= 0.3 is 0 Å². The number of hydrogen-bond acceptors (Lipinski definition) is 3. The summed E-state index contributed by atoms with van der Waals surface area (Å²) in [4.78, 5) is 8.33. The molecule has 1 saturated heterocycles. The molecule has 0 aromatic carbocycles. The first-order chi connectivity index (χ1) is 8.76. The Morgan fingerprint density at radius 1 is 1.50 bits per heavy atom. The van der Waals surface area contributed by atoms with Crippen LogP contribution in [-0.2, 0) is 5.88 Å². The number of halogens is 1. The Bertz CT molecular complexity index is 547. The predicted octanol–water partition coefficient (Wildman–Crippen LogP) is 3.90. The van der Waals surface area contributed by atoms with E-state index in [0.29, 0.717) is 18.0 Å². The van der Waals surface area contributed by atoms with Gasteiger partial charge in [-0.15, -0.1) is 22.9 Å². The molecule has 18 heavy (non-hydrogen) atoms. The molecule has 2 unspecified atom stereocenters. The van der Waals surface area contributed by atoms with Gasteiger partial charge in [0, 0.05) is 23.7 Å². The molecular weight excluding hydrogens is 266 g/mol. The van der Waals surface area contributed by atoms with Crippen LogP contribution in [0.25, 0.3) is 4.96 Å². The van der Waals surface area contributed by atoms with Crippen molar-refractivity contribution < 1.29 is 0 Å². The summed E-state index contributed by atoms with van der Waals surface area (Å²) >= 11 is 7.82. The van der Waals surface area contributed by atoms with E-state index in [1.54, 1.807) is 11.3 Å². The largest absolute Gasteiger partial charge is 0.349 e. The van der Waals surface area contributed by atoms with E-state index in [1.807, 2.05) is 0 Å². The minimum atomic E-state index is 0.521. The summed E-state index contributed by atoms with van der Waals surface area (Å²) in [6.07, 6.45) is 5.77. The number of imidazole rings is 1. The number of alkyl halides is 1.